The highest BCUT2D eigenvalue weighted by molar-refractivity contribution is 7.89. The van der Waals surface area contributed by atoms with Crippen molar-refractivity contribution in [2.75, 3.05) is 13.1 Å². The van der Waals surface area contributed by atoms with Gasteiger partial charge in [0.25, 0.3) is 5.91 Å². The van der Waals surface area contributed by atoms with E-state index < -0.39 is 10.0 Å². The molecule has 0 N–H and O–H groups in total. The monoisotopic (exact) mass is 448 g/mol. The number of hydrogen-bond donors (Lipinski definition) is 0. The van der Waals surface area contributed by atoms with E-state index in [0.717, 1.165) is 5.56 Å². The highest BCUT2D eigenvalue weighted by Gasteiger charge is 2.39. The number of amides is 1. The molecular formula is C23H29ClN2O3S. The Bertz CT molecular complexity index is 1020. The summed E-state index contributed by atoms with van der Waals surface area (Å²) in [6.07, 6.45) is 0. The van der Waals surface area contributed by atoms with Gasteiger partial charge in [0.1, 0.15) is 0 Å². The summed E-state index contributed by atoms with van der Waals surface area (Å²) in [7, 11) is -3.64. The first-order valence-corrected chi connectivity index (χ1v) is 11.9. The van der Waals surface area contributed by atoms with Gasteiger partial charge in [-0.1, -0.05) is 56.6 Å². The van der Waals surface area contributed by atoms with Gasteiger partial charge in [0.05, 0.1) is 15.5 Å². The second-order valence-corrected chi connectivity index (χ2v) is 11.3. The van der Waals surface area contributed by atoms with Crippen LogP contribution in [-0.2, 0) is 15.4 Å². The molecule has 0 radical (unpaired) electrons. The maximum absolute atomic E-state index is 13.2. The molecule has 1 unspecified atom stereocenters. The molecule has 2 aromatic carbocycles. The summed E-state index contributed by atoms with van der Waals surface area (Å²) < 4.78 is 28.0. The first-order valence-electron chi connectivity index (χ1n) is 10.1. The summed E-state index contributed by atoms with van der Waals surface area (Å²) in [5.41, 5.74) is 1.47. The van der Waals surface area contributed by atoms with Gasteiger partial charge in [0, 0.05) is 25.2 Å². The number of piperazine rings is 1. The van der Waals surface area contributed by atoms with Crippen molar-refractivity contribution in [1.29, 1.82) is 0 Å². The number of carbonyl (C=O) groups is 1. The van der Waals surface area contributed by atoms with E-state index in [4.69, 9.17) is 11.6 Å². The minimum absolute atomic E-state index is 0.0456. The van der Waals surface area contributed by atoms with Gasteiger partial charge in [-0.2, -0.15) is 4.31 Å². The minimum Gasteiger partial charge on any atom is -0.331 e. The number of hydrogen-bond acceptors (Lipinski definition) is 3. The molecule has 1 aliphatic rings. The first kappa shape index (κ1) is 22.8. The molecule has 30 heavy (non-hydrogen) atoms. The van der Waals surface area contributed by atoms with Crippen LogP contribution in [0.1, 0.15) is 50.5 Å². The molecule has 0 bridgehead atoms. The van der Waals surface area contributed by atoms with Gasteiger partial charge < -0.3 is 4.90 Å². The molecule has 3 rings (SSSR count). The van der Waals surface area contributed by atoms with Crippen LogP contribution in [0.4, 0.5) is 0 Å². The van der Waals surface area contributed by atoms with Crippen molar-refractivity contribution in [3.8, 4) is 0 Å². The Labute approximate surface area is 184 Å². The first-order chi connectivity index (χ1) is 13.9. The van der Waals surface area contributed by atoms with Crippen LogP contribution in [0.25, 0.3) is 0 Å². The molecule has 0 spiro atoms. The molecule has 7 heteroatoms. The minimum atomic E-state index is -3.64. The number of carbonyl (C=O) groups excluding carboxylic acids is 1. The van der Waals surface area contributed by atoms with E-state index in [-0.39, 0.29) is 41.4 Å². The van der Waals surface area contributed by atoms with Crippen LogP contribution in [0.5, 0.6) is 0 Å². The predicted octanol–water partition coefficient (Wildman–Crippen LogP) is 4.56. The van der Waals surface area contributed by atoms with Crippen molar-refractivity contribution in [3.05, 3.63) is 64.7 Å². The fourth-order valence-electron chi connectivity index (χ4n) is 3.92. The molecule has 2 aromatic rings. The Morgan fingerprint density at radius 2 is 1.50 bits per heavy atom. The van der Waals surface area contributed by atoms with Crippen LogP contribution < -0.4 is 0 Å². The third kappa shape index (κ3) is 4.41. The van der Waals surface area contributed by atoms with E-state index in [0.29, 0.717) is 10.6 Å². The highest BCUT2D eigenvalue weighted by Crippen LogP contribution is 2.28. The standard InChI is InChI=1S/C23H29ClN2O3S/c1-16-14-25(30(28,29)19-12-10-18(11-13-19)23(3,4)5)15-17(2)26(16)22(27)20-8-6-7-9-21(20)24/h6-13,16-17H,14-15H2,1-5H3/t16-,17?/m0/s1. The van der Waals surface area contributed by atoms with Gasteiger partial charge in [0.15, 0.2) is 0 Å². The Balaban J connectivity index is 1.82. The predicted molar refractivity (Wildman–Crippen MR) is 120 cm³/mol. The van der Waals surface area contributed by atoms with Crippen molar-refractivity contribution in [2.45, 2.75) is 57.0 Å². The highest BCUT2D eigenvalue weighted by atomic mass is 35.5. The molecular weight excluding hydrogens is 420 g/mol. The normalized spacial score (nSPS) is 20.9. The summed E-state index contributed by atoms with van der Waals surface area (Å²) in [6, 6.07) is 13.5. The number of rotatable bonds is 3. The second kappa shape index (κ2) is 8.33. The number of nitrogens with zero attached hydrogens (tertiary/aromatic N) is 2. The van der Waals surface area contributed by atoms with E-state index in [1.54, 1.807) is 41.3 Å². The fourth-order valence-corrected chi connectivity index (χ4v) is 5.74. The quantitative estimate of drug-likeness (QED) is 0.691. The van der Waals surface area contributed by atoms with Crippen molar-refractivity contribution in [3.63, 3.8) is 0 Å². The fraction of sp³-hybridized carbons (Fsp3) is 0.435. The molecule has 1 fully saturated rings. The SMILES string of the molecule is CC1CN(S(=O)(=O)c2ccc(C(C)(C)C)cc2)C[C@H](C)N1C(=O)c1ccccc1Cl. The molecule has 0 saturated carbocycles. The molecule has 1 saturated heterocycles. The van der Waals surface area contributed by atoms with Crippen LogP contribution in [0, 0.1) is 0 Å². The Morgan fingerprint density at radius 1 is 0.967 bits per heavy atom. The van der Waals surface area contributed by atoms with Crippen LogP contribution in [0.15, 0.2) is 53.4 Å². The molecule has 2 atom stereocenters. The van der Waals surface area contributed by atoms with Crippen molar-refractivity contribution < 1.29 is 13.2 Å². The summed E-state index contributed by atoms with van der Waals surface area (Å²) in [4.78, 5) is 15.1. The third-order valence-electron chi connectivity index (χ3n) is 5.58. The van der Waals surface area contributed by atoms with Gasteiger partial charge in [0.2, 0.25) is 10.0 Å². The van der Waals surface area contributed by atoms with E-state index in [9.17, 15) is 13.2 Å². The van der Waals surface area contributed by atoms with Crippen molar-refractivity contribution in [2.24, 2.45) is 0 Å². The third-order valence-corrected chi connectivity index (χ3v) is 7.76. The number of benzene rings is 2. The summed E-state index contributed by atoms with van der Waals surface area (Å²) in [6.45, 7) is 10.5. The largest absolute Gasteiger partial charge is 0.331 e. The second-order valence-electron chi connectivity index (χ2n) is 8.99. The van der Waals surface area contributed by atoms with Gasteiger partial charge in [-0.05, 0) is 49.1 Å². The zero-order valence-corrected chi connectivity index (χ0v) is 19.7. The lowest BCUT2D eigenvalue weighted by Gasteiger charge is -2.43. The number of halogens is 1. The van der Waals surface area contributed by atoms with Gasteiger partial charge in [-0.3, -0.25) is 4.79 Å². The Kier molecular flexibility index (Phi) is 6.33. The molecule has 5 nitrogen and oxygen atoms in total. The molecule has 0 aliphatic carbocycles. The summed E-state index contributed by atoms with van der Waals surface area (Å²) in [5, 5.41) is 0.399. The maximum Gasteiger partial charge on any atom is 0.255 e. The van der Waals surface area contributed by atoms with Crippen LogP contribution in [0.3, 0.4) is 0 Å². The van der Waals surface area contributed by atoms with Gasteiger partial charge >= 0.3 is 0 Å². The molecule has 1 heterocycles. The van der Waals surface area contributed by atoms with Gasteiger partial charge in [-0.15, -0.1) is 0 Å². The lowest BCUT2D eigenvalue weighted by atomic mass is 9.87. The lowest BCUT2D eigenvalue weighted by molar-refractivity contribution is 0.0441. The lowest BCUT2D eigenvalue weighted by Crippen LogP contribution is -2.59. The van der Waals surface area contributed by atoms with E-state index in [2.05, 4.69) is 20.8 Å². The zero-order chi connectivity index (χ0) is 22.3. The average molecular weight is 449 g/mol. The maximum atomic E-state index is 13.2. The topological polar surface area (TPSA) is 57.7 Å². The summed E-state index contributed by atoms with van der Waals surface area (Å²) in [5.74, 6) is -0.174. The Hall–Kier alpha value is -1.89. The van der Waals surface area contributed by atoms with E-state index >= 15 is 0 Å². The molecule has 162 valence electrons. The van der Waals surface area contributed by atoms with Crippen LogP contribution in [-0.4, -0.2) is 48.7 Å². The zero-order valence-electron chi connectivity index (χ0n) is 18.1. The van der Waals surface area contributed by atoms with Crippen molar-refractivity contribution >= 4 is 27.5 Å². The van der Waals surface area contributed by atoms with E-state index in [1.807, 2.05) is 26.0 Å². The van der Waals surface area contributed by atoms with Gasteiger partial charge in [-0.25, -0.2) is 8.42 Å². The van der Waals surface area contributed by atoms with Crippen molar-refractivity contribution in [1.82, 2.24) is 9.21 Å². The molecule has 1 amide bonds. The smallest absolute Gasteiger partial charge is 0.255 e. The average Bonchev–Trinajstić information content (AvgIpc) is 2.67. The molecule has 0 aromatic heterocycles. The van der Waals surface area contributed by atoms with Crippen LogP contribution >= 0.6 is 11.6 Å². The summed E-state index contributed by atoms with van der Waals surface area (Å²) >= 11 is 6.21. The molecule has 1 aliphatic heterocycles. The number of sulfonamides is 1. The van der Waals surface area contributed by atoms with E-state index in [1.165, 1.54) is 4.31 Å². The Morgan fingerprint density at radius 3 is 2.00 bits per heavy atom. The van der Waals surface area contributed by atoms with Crippen LogP contribution in [0.2, 0.25) is 5.02 Å².